The summed E-state index contributed by atoms with van der Waals surface area (Å²) in [5.74, 6) is 0. The molecule has 0 atom stereocenters. The lowest BCUT2D eigenvalue weighted by molar-refractivity contribution is 0.390. The van der Waals surface area contributed by atoms with Crippen LogP contribution >= 0.6 is 0 Å². The third-order valence-electron chi connectivity index (χ3n) is 1.65. The van der Waals surface area contributed by atoms with Crippen molar-refractivity contribution in [3.63, 3.8) is 0 Å². The summed E-state index contributed by atoms with van der Waals surface area (Å²) in [7, 11) is 0. The maximum absolute atomic E-state index is 5.21. The predicted octanol–water partition coefficient (Wildman–Crippen LogP) is 3.63. The normalized spacial score (nSPS) is 13.5. The summed E-state index contributed by atoms with van der Waals surface area (Å²) in [4.78, 5) is 0. The fraction of sp³-hybridized carbons (Fsp3) is 0.600. The summed E-state index contributed by atoms with van der Waals surface area (Å²) < 4.78 is 5.21. The van der Waals surface area contributed by atoms with Gasteiger partial charge in [0.2, 0.25) is 0 Å². The average molecular weight is 154 g/mol. The Balaban J connectivity index is 3.71. The molecule has 0 aliphatic rings. The smallest absolute Gasteiger partial charge is 0.0890 e. The van der Waals surface area contributed by atoms with E-state index in [0.717, 1.165) is 12.8 Å². The Bertz CT molecular complexity index is 136. The first kappa shape index (κ1) is 10.3. The SMILES string of the molecule is CC/C(C)=C\O/C=C(/C)CC. The molecule has 0 aromatic heterocycles. The summed E-state index contributed by atoms with van der Waals surface area (Å²) in [6.07, 6.45) is 5.72. The van der Waals surface area contributed by atoms with E-state index >= 15 is 0 Å². The molecular formula is C10H18O. The molecule has 0 amide bonds. The molecule has 0 aliphatic carbocycles. The van der Waals surface area contributed by atoms with Crippen molar-refractivity contribution in [1.29, 1.82) is 0 Å². The van der Waals surface area contributed by atoms with Crippen LogP contribution in [-0.4, -0.2) is 0 Å². The van der Waals surface area contributed by atoms with Crippen LogP contribution in [0.4, 0.5) is 0 Å². The Morgan fingerprint density at radius 1 is 1.00 bits per heavy atom. The molecule has 0 aromatic rings. The third-order valence-corrected chi connectivity index (χ3v) is 1.65. The van der Waals surface area contributed by atoms with Gasteiger partial charge in [0.05, 0.1) is 12.5 Å². The van der Waals surface area contributed by atoms with Gasteiger partial charge in [0.15, 0.2) is 0 Å². The summed E-state index contributed by atoms with van der Waals surface area (Å²) in [5, 5.41) is 0. The zero-order valence-corrected chi connectivity index (χ0v) is 7.98. The van der Waals surface area contributed by atoms with Crippen LogP contribution in [0.15, 0.2) is 23.7 Å². The lowest BCUT2D eigenvalue weighted by atomic mass is 10.3. The molecule has 1 heteroatoms. The van der Waals surface area contributed by atoms with Gasteiger partial charge in [-0.1, -0.05) is 13.8 Å². The number of hydrogen-bond donors (Lipinski definition) is 0. The molecule has 0 aliphatic heterocycles. The number of ether oxygens (including phenoxy) is 1. The van der Waals surface area contributed by atoms with Gasteiger partial charge < -0.3 is 4.74 Å². The van der Waals surface area contributed by atoms with Crippen LogP contribution in [0.25, 0.3) is 0 Å². The quantitative estimate of drug-likeness (QED) is 0.562. The van der Waals surface area contributed by atoms with E-state index in [1.54, 1.807) is 12.5 Å². The first-order valence-electron chi connectivity index (χ1n) is 4.17. The van der Waals surface area contributed by atoms with Crippen LogP contribution in [0.3, 0.4) is 0 Å². The van der Waals surface area contributed by atoms with Gasteiger partial charge in [-0.25, -0.2) is 0 Å². The molecule has 0 radical (unpaired) electrons. The maximum Gasteiger partial charge on any atom is 0.0890 e. The highest BCUT2D eigenvalue weighted by atomic mass is 16.5. The van der Waals surface area contributed by atoms with Gasteiger partial charge in [0.1, 0.15) is 0 Å². The second kappa shape index (κ2) is 6.02. The van der Waals surface area contributed by atoms with Crippen molar-refractivity contribution in [2.45, 2.75) is 40.5 Å². The minimum absolute atomic E-state index is 1.05. The third kappa shape index (κ3) is 5.71. The fourth-order valence-electron chi connectivity index (χ4n) is 0.433. The van der Waals surface area contributed by atoms with E-state index < -0.39 is 0 Å². The van der Waals surface area contributed by atoms with E-state index in [2.05, 4.69) is 27.7 Å². The Morgan fingerprint density at radius 2 is 1.36 bits per heavy atom. The number of rotatable bonds is 4. The Hall–Kier alpha value is -0.720. The van der Waals surface area contributed by atoms with E-state index in [0.29, 0.717) is 0 Å². The number of hydrogen-bond acceptors (Lipinski definition) is 1. The van der Waals surface area contributed by atoms with Gasteiger partial charge in [-0.2, -0.15) is 0 Å². The summed E-state index contributed by atoms with van der Waals surface area (Å²) >= 11 is 0. The second-order valence-electron chi connectivity index (χ2n) is 2.77. The predicted molar refractivity (Wildman–Crippen MR) is 49.2 cm³/mol. The van der Waals surface area contributed by atoms with Crippen molar-refractivity contribution >= 4 is 0 Å². The van der Waals surface area contributed by atoms with Gasteiger partial charge in [0, 0.05) is 0 Å². The van der Waals surface area contributed by atoms with E-state index in [4.69, 9.17) is 4.74 Å². The molecule has 0 spiro atoms. The van der Waals surface area contributed by atoms with E-state index in [1.165, 1.54) is 11.1 Å². The Morgan fingerprint density at radius 3 is 1.64 bits per heavy atom. The molecular weight excluding hydrogens is 136 g/mol. The van der Waals surface area contributed by atoms with Crippen LogP contribution in [0.1, 0.15) is 40.5 Å². The van der Waals surface area contributed by atoms with Crippen LogP contribution < -0.4 is 0 Å². The topological polar surface area (TPSA) is 9.23 Å². The molecule has 0 aromatic carbocycles. The number of allylic oxidation sites excluding steroid dienone is 2. The molecule has 64 valence electrons. The van der Waals surface area contributed by atoms with Crippen molar-refractivity contribution in [3.05, 3.63) is 23.7 Å². The van der Waals surface area contributed by atoms with Crippen molar-refractivity contribution in [3.8, 4) is 0 Å². The lowest BCUT2D eigenvalue weighted by Crippen LogP contribution is -1.76. The zero-order valence-electron chi connectivity index (χ0n) is 7.98. The van der Waals surface area contributed by atoms with Crippen LogP contribution in [0, 0.1) is 0 Å². The Labute approximate surface area is 69.8 Å². The van der Waals surface area contributed by atoms with Crippen molar-refractivity contribution < 1.29 is 4.74 Å². The van der Waals surface area contributed by atoms with Crippen molar-refractivity contribution in [2.75, 3.05) is 0 Å². The molecule has 0 saturated carbocycles. The highest BCUT2D eigenvalue weighted by Crippen LogP contribution is 2.01. The van der Waals surface area contributed by atoms with Crippen molar-refractivity contribution in [2.24, 2.45) is 0 Å². The van der Waals surface area contributed by atoms with E-state index in [-0.39, 0.29) is 0 Å². The molecule has 0 fully saturated rings. The van der Waals surface area contributed by atoms with E-state index in [1.807, 2.05) is 0 Å². The molecule has 11 heavy (non-hydrogen) atoms. The first-order chi connectivity index (χ1) is 5.20. The van der Waals surface area contributed by atoms with E-state index in [9.17, 15) is 0 Å². The summed E-state index contributed by atoms with van der Waals surface area (Å²) in [5.41, 5.74) is 2.54. The first-order valence-corrected chi connectivity index (χ1v) is 4.17. The van der Waals surface area contributed by atoms with Gasteiger partial charge >= 0.3 is 0 Å². The van der Waals surface area contributed by atoms with Gasteiger partial charge in [-0.15, -0.1) is 0 Å². The molecule has 0 N–H and O–H groups in total. The van der Waals surface area contributed by atoms with Crippen LogP contribution in [0.5, 0.6) is 0 Å². The maximum atomic E-state index is 5.21. The summed E-state index contributed by atoms with van der Waals surface area (Å²) in [6.45, 7) is 8.36. The standard InChI is InChI=1S/C10H18O/c1-5-9(3)7-11-8-10(4)6-2/h7-8H,5-6H2,1-4H3/b9-7-,10-8-. The fourth-order valence-corrected chi connectivity index (χ4v) is 0.433. The minimum Gasteiger partial charge on any atom is -0.473 e. The molecule has 0 unspecified atom stereocenters. The van der Waals surface area contributed by atoms with Gasteiger partial charge in [0.25, 0.3) is 0 Å². The Kier molecular flexibility index (Phi) is 5.63. The largest absolute Gasteiger partial charge is 0.473 e. The molecule has 0 bridgehead atoms. The molecule has 1 nitrogen and oxygen atoms in total. The monoisotopic (exact) mass is 154 g/mol. The van der Waals surface area contributed by atoms with Crippen molar-refractivity contribution in [1.82, 2.24) is 0 Å². The lowest BCUT2D eigenvalue weighted by Gasteiger charge is -1.97. The van der Waals surface area contributed by atoms with Crippen LogP contribution in [0.2, 0.25) is 0 Å². The minimum atomic E-state index is 1.05. The molecule has 0 rings (SSSR count). The highest BCUT2D eigenvalue weighted by molar-refractivity contribution is 4.96. The highest BCUT2D eigenvalue weighted by Gasteiger charge is 1.83. The second-order valence-corrected chi connectivity index (χ2v) is 2.77. The van der Waals surface area contributed by atoms with Crippen LogP contribution in [-0.2, 0) is 4.74 Å². The summed E-state index contributed by atoms with van der Waals surface area (Å²) in [6, 6.07) is 0. The zero-order chi connectivity index (χ0) is 8.69. The van der Waals surface area contributed by atoms with Gasteiger partial charge in [-0.05, 0) is 37.8 Å². The van der Waals surface area contributed by atoms with Gasteiger partial charge in [-0.3, -0.25) is 0 Å². The molecule has 0 heterocycles. The average Bonchev–Trinajstić information content (AvgIpc) is 2.04. The molecule has 0 saturated heterocycles.